The molecule has 2 aliphatic rings. The smallest absolute Gasteiger partial charge is 0.416 e. The molecule has 6 rings (SSSR count). The van der Waals surface area contributed by atoms with Crippen molar-refractivity contribution >= 4 is 26.6 Å². The number of hydrogen-bond acceptors (Lipinski definition) is 7. The van der Waals surface area contributed by atoms with Crippen molar-refractivity contribution in [1.29, 1.82) is 0 Å². The predicted octanol–water partition coefficient (Wildman–Crippen LogP) is 7.82. The molecular formula is C38H40F6N4O4S. The van der Waals surface area contributed by atoms with E-state index in [4.69, 9.17) is 9.72 Å². The summed E-state index contributed by atoms with van der Waals surface area (Å²) >= 11 is 0. The zero-order valence-corrected chi connectivity index (χ0v) is 30.0. The van der Waals surface area contributed by atoms with Crippen LogP contribution >= 0.6 is 0 Å². The van der Waals surface area contributed by atoms with Crippen molar-refractivity contribution in [2.75, 3.05) is 39.5 Å². The highest BCUT2D eigenvalue weighted by molar-refractivity contribution is 7.90. The van der Waals surface area contributed by atoms with Crippen molar-refractivity contribution in [2.24, 2.45) is 0 Å². The fourth-order valence-electron chi connectivity index (χ4n) is 7.41. The van der Waals surface area contributed by atoms with Crippen LogP contribution in [0.15, 0.2) is 71.6 Å². The Balaban J connectivity index is 1.56. The van der Waals surface area contributed by atoms with E-state index in [-0.39, 0.29) is 56.0 Å². The van der Waals surface area contributed by atoms with Crippen LogP contribution in [0.3, 0.4) is 0 Å². The molecule has 3 heterocycles. The number of amides is 1. The second-order valence-corrected chi connectivity index (χ2v) is 15.6. The number of methoxy groups -OCH3 is 1. The third-order valence-electron chi connectivity index (χ3n) is 10.0. The number of benzene rings is 3. The van der Waals surface area contributed by atoms with Crippen LogP contribution in [0.4, 0.5) is 26.3 Å². The van der Waals surface area contributed by atoms with E-state index in [1.807, 2.05) is 4.90 Å². The molecular weight excluding hydrogens is 722 g/mol. The Morgan fingerprint density at radius 2 is 1.60 bits per heavy atom. The van der Waals surface area contributed by atoms with E-state index in [9.17, 15) is 39.6 Å². The number of carbonyl (C=O) groups is 1. The topological polar surface area (TPSA) is 91.8 Å². The highest BCUT2D eigenvalue weighted by Gasteiger charge is 2.43. The molecule has 2 aliphatic heterocycles. The molecule has 8 nitrogen and oxygen atoms in total. The summed E-state index contributed by atoms with van der Waals surface area (Å²) in [6.07, 6.45) is -3.78. The molecule has 2 saturated heterocycles. The van der Waals surface area contributed by atoms with Gasteiger partial charge in [-0.2, -0.15) is 26.3 Å². The normalized spacial score (nSPS) is 17.5. The molecule has 0 saturated carbocycles. The summed E-state index contributed by atoms with van der Waals surface area (Å²) in [6.45, 7) is 3.05. The van der Waals surface area contributed by atoms with Gasteiger partial charge >= 0.3 is 12.4 Å². The molecule has 284 valence electrons. The Hall–Kier alpha value is -4.21. The first-order valence-electron chi connectivity index (χ1n) is 17.4. The fraction of sp³-hybridized carbons (Fsp3) is 0.421. The van der Waals surface area contributed by atoms with Crippen LogP contribution in [0.1, 0.15) is 65.2 Å². The molecule has 15 heteroatoms. The summed E-state index contributed by atoms with van der Waals surface area (Å²) < 4.78 is 117. The first-order chi connectivity index (χ1) is 25.0. The van der Waals surface area contributed by atoms with E-state index in [1.54, 1.807) is 0 Å². The van der Waals surface area contributed by atoms with Crippen molar-refractivity contribution in [3.05, 3.63) is 89.0 Å². The Labute approximate surface area is 304 Å². The van der Waals surface area contributed by atoms with Crippen LogP contribution in [0.25, 0.3) is 22.2 Å². The van der Waals surface area contributed by atoms with E-state index in [0.29, 0.717) is 19.1 Å². The number of halogens is 6. The number of likely N-dealkylation sites (tertiary alicyclic amines) is 2. The van der Waals surface area contributed by atoms with Crippen LogP contribution in [-0.2, 0) is 22.6 Å². The number of fused-ring (bicyclic) bond motifs is 1. The van der Waals surface area contributed by atoms with Crippen molar-refractivity contribution in [2.45, 2.75) is 68.0 Å². The number of rotatable bonds is 9. The number of hydrogen-bond donors (Lipinski definition) is 1. The Morgan fingerprint density at radius 3 is 2.21 bits per heavy atom. The second kappa shape index (κ2) is 15.3. The number of sulfone groups is 1. The molecule has 2 fully saturated rings. The number of pyridine rings is 1. The van der Waals surface area contributed by atoms with Crippen LogP contribution in [0, 0.1) is 0 Å². The van der Waals surface area contributed by atoms with Gasteiger partial charge in [0.1, 0.15) is 10.6 Å². The molecule has 1 aromatic heterocycles. The minimum atomic E-state index is -4.94. The summed E-state index contributed by atoms with van der Waals surface area (Å²) in [7, 11) is -2.80. The van der Waals surface area contributed by atoms with Gasteiger partial charge in [0, 0.05) is 41.4 Å². The first kappa shape index (κ1) is 38.5. The Kier molecular flexibility index (Phi) is 11.1. The number of carbonyl (C=O) groups excluding carboxylic acids is 1. The second-order valence-electron chi connectivity index (χ2n) is 13.6. The highest BCUT2D eigenvalue weighted by atomic mass is 32.2. The Morgan fingerprint density at radius 1 is 0.925 bits per heavy atom. The molecule has 4 aromatic rings. The van der Waals surface area contributed by atoms with Gasteiger partial charge in [-0.1, -0.05) is 48.9 Å². The maximum atomic E-state index is 14.6. The SMILES string of the molecule is COc1cc2nc(-c3cccc(C(F)(F)F)c3)c(CN3CCC(N4CCCCC4)CC3)c(C(=O)N[C@H](c3ccccc3)C(F)(F)F)c2cc1S(C)(=O)=O. The van der Waals surface area contributed by atoms with Crippen LogP contribution in [0.5, 0.6) is 5.75 Å². The average molecular weight is 763 g/mol. The monoisotopic (exact) mass is 762 g/mol. The van der Waals surface area contributed by atoms with E-state index in [0.717, 1.165) is 63.2 Å². The predicted molar refractivity (Wildman–Crippen MR) is 188 cm³/mol. The maximum Gasteiger partial charge on any atom is 0.416 e. The fourth-order valence-corrected chi connectivity index (χ4v) is 8.25. The van der Waals surface area contributed by atoms with Crippen LogP contribution in [0.2, 0.25) is 0 Å². The molecule has 3 aromatic carbocycles. The largest absolute Gasteiger partial charge is 0.495 e. The molecule has 0 unspecified atom stereocenters. The molecule has 0 radical (unpaired) electrons. The summed E-state index contributed by atoms with van der Waals surface area (Å²) in [5.74, 6) is -1.35. The third-order valence-corrected chi connectivity index (χ3v) is 11.2. The van der Waals surface area contributed by atoms with Gasteiger partial charge in [0.2, 0.25) is 0 Å². The lowest BCUT2D eigenvalue weighted by Gasteiger charge is -2.40. The van der Waals surface area contributed by atoms with Crippen LogP contribution in [-0.4, -0.2) is 80.9 Å². The molecule has 1 N–H and O–H groups in total. The molecule has 0 spiro atoms. The molecule has 0 aliphatic carbocycles. The summed E-state index contributed by atoms with van der Waals surface area (Å²) in [5.41, 5.74) is -1.60. The van der Waals surface area contributed by atoms with Gasteiger partial charge in [-0.05, 0) is 75.6 Å². The number of aromatic nitrogens is 1. The lowest BCUT2D eigenvalue weighted by atomic mass is 9.93. The molecule has 0 bridgehead atoms. The Bertz CT molecular complexity index is 2060. The van der Waals surface area contributed by atoms with Gasteiger partial charge in [0.15, 0.2) is 15.9 Å². The van der Waals surface area contributed by atoms with Crippen molar-refractivity contribution in [3.8, 4) is 17.0 Å². The van der Waals surface area contributed by atoms with Gasteiger partial charge in [-0.15, -0.1) is 0 Å². The van der Waals surface area contributed by atoms with Gasteiger partial charge in [0.25, 0.3) is 5.91 Å². The van der Waals surface area contributed by atoms with Gasteiger partial charge in [-0.3, -0.25) is 9.69 Å². The first-order valence-corrected chi connectivity index (χ1v) is 19.2. The average Bonchev–Trinajstić information content (AvgIpc) is 3.12. The zero-order valence-electron chi connectivity index (χ0n) is 29.2. The van der Waals surface area contributed by atoms with Crippen molar-refractivity contribution < 1.29 is 44.3 Å². The molecule has 1 amide bonds. The van der Waals surface area contributed by atoms with Gasteiger partial charge < -0.3 is 15.0 Å². The third kappa shape index (κ3) is 8.62. The summed E-state index contributed by atoms with van der Waals surface area (Å²) in [6, 6.07) is 11.4. The van der Waals surface area contributed by atoms with Gasteiger partial charge in [0.05, 0.1) is 29.4 Å². The highest BCUT2D eigenvalue weighted by Crippen LogP contribution is 2.40. The van der Waals surface area contributed by atoms with E-state index < -0.39 is 39.7 Å². The molecule has 1 atom stereocenters. The number of nitrogens with zero attached hydrogens (tertiary/aromatic N) is 3. The number of alkyl halides is 6. The lowest BCUT2D eigenvalue weighted by molar-refractivity contribution is -0.155. The van der Waals surface area contributed by atoms with E-state index in [1.165, 1.54) is 62.1 Å². The number of ether oxygens (including phenoxy) is 1. The lowest BCUT2D eigenvalue weighted by Crippen LogP contribution is -2.46. The van der Waals surface area contributed by atoms with Gasteiger partial charge in [-0.25, -0.2) is 13.4 Å². The number of piperidine rings is 2. The quantitative estimate of drug-likeness (QED) is 0.174. The van der Waals surface area contributed by atoms with Crippen molar-refractivity contribution in [3.63, 3.8) is 0 Å². The van der Waals surface area contributed by atoms with Crippen molar-refractivity contribution in [1.82, 2.24) is 20.1 Å². The minimum absolute atomic E-state index is 0.0180. The summed E-state index contributed by atoms with van der Waals surface area (Å²) in [4.78, 5) is 23.4. The molecule has 53 heavy (non-hydrogen) atoms. The van der Waals surface area contributed by atoms with E-state index >= 15 is 0 Å². The van der Waals surface area contributed by atoms with E-state index in [2.05, 4.69) is 10.2 Å². The van der Waals surface area contributed by atoms with Crippen LogP contribution < -0.4 is 10.1 Å². The maximum absolute atomic E-state index is 14.6. The standard InChI is InChI=1S/C38H40F6N4O4S/c1-52-31-22-30-28(21-32(31)53(2,50)51)33(36(49)46-35(38(42,43)44)24-10-5-3-6-11-24)29(34(45-30)25-12-9-13-26(20-25)37(39,40)41)23-47-18-14-27(15-19-47)48-16-7-4-8-17-48/h3,5-6,9-13,20-22,27,35H,4,7-8,14-19,23H2,1-2H3,(H,46,49)/t35-/m1/s1. The summed E-state index contributed by atoms with van der Waals surface area (Å²) in [5, 5.41) is 2.04. The minimum Gasteiger partial charge on any atom is -0.495 e. The zero-order chi connectivity index (χ0) is 38.1. The number of nitrogens with one attached hydrogen (secondary N) is 1.